The fourth-order valence-corrected chi connectivity index (χ4v) is 5.05. The largest absolute Gasteiger partial charge is 0.355 e. The Morgan fingerprint density at radius 1 is 1.00 bits per heavy atom. The van der Waals surface area contributed by atoms with E-state index < -0.39 is 16.1 Å². The summed E-state index contributed by atoms with van der Waals surface area (Å²) in [4.78, 5) is 27.8. The van der Waals surface area contributed by atoms with Crippen LogP contribution in [-0.4, -0.2) is 50.5 Å². The fraction of sp³-hybridized carbons (Fsp3) is 0.481. The van der Waals surface area contributed by atoms with Crippen molar-refractivity contribution in [3.05, 3.63) is 65.2 Å². The average Bonchev–Trinajstić information content (AvgIpc) is 2.82. The van der Waals surface area contributed by atoms with Gasteiger partial charge in [0.2, 0.25) is 21.8 Å². The van der Waals surface area contributed by atoms with Crippen LogP contribution >= 0.6 is 0 Å². The number of benzene rings is 2. The van der Waals surface area contributed by atoms with E-state index in [1.807, 2.05) is 64.1 Å². The highest BCUT2D eigenvalue weighted by atomic mass is 32.2. The Morgan fingerprint density at radius 2 is 1.66 bits per heavy atom. The van der Waals surface area contributed by atoms with E-state index >= 15 is 0 Å². The molecule has 0 saturated heterocycles. The molecular formula is C27H39N3O4S. The van der Waals surface area contributed by atoms with E-state index in [4.69, 9.17) is 0 Å². The maximum absolute atomic E-state index is 13.4. The Labute approximate surface area is 210 Å². The van der Waals surface area contributed by atoms with Crippen molar-refractivity contribution < 1.29 is 18.0 Å². The maximum atomic E-state index is 13.4. The molecule has 0 fully saturated rings. The zero-order valence-corrected chi connectivity index (χ0v) is 22.4. The monoisotopic (exact) mass is 501 g/mol. The standard InChI is InChI=1S/C27H39N3O4S/c1-6-22-15-17-24(18-16-22)30(35(5,33)34)19-11-14-26(31)29(25(7-2)27(32)28-8-3)20-23-13-10-9-12-21(23)4/h9-10,12-13,15-18,25H,6-8,11,14,19-20H2,1-5H3,(H,28,32)/t25-/m0/s1. The summed E-state index contributed by atoms with van der Waals surface area (Å²) < 4.78 is 26.3. The molecule has 8 heteroatoms. The highest BCUT2D eigenvalue weighted by Crippen LogP contribution is 2.21. The quantitative estimate of drug-likeness (QED) is 0.449. The molecule has 0 spiro atoms. The van der Waals surface area contributed by atoms with Gasteiger partial charge in [-0.05, 0) is 61.9 Å². The molecule has 1 N–H and O–H groups in total. The second-order valence-electron chi connectivity index (χ2n) is 8.73. The average molecular weight is 502 g/mol. The van der Waals surface area contributed by atoms with Crippen LogP contribution in [0.15, 0.2) is 48.5 Å². The van der Waals surface area contributed by atoms with Crippen LogP contribution in [0.3, 0.4) is 0 Å². The summed E-state index contributed by atoms with van der Waals surface area (Å²) in [5, 5.41) is 2.84. The smallest absolute Gasteiger partial charge is 0.242 e. The lowest BCUT2D eigenvalue weighted by atomic mass is 10.1. The molecule has 0 aromatic heterocycles. The van der Waals surface area contributed by atoms with Crippen LogP contribution in [0.2, 0.25) is 0 Å². The van der Waals surface area contributed by atoms with Gasteiger partial charge in [0, 0.05) is 26.1 Å². The summed E-state index contributed by atoms with van der Waals surface area (Å²) in [5.41, 5.74) is 3.75. The highest BCUT2D eigenvalue weighted by Gasteiger charge is 2.28. The second kappa shape index (κ2) is 13.3. The Bertz CT molecular complexity index is 1080. The van der Waals surface area contributed by atoms with Crippen molar-refractivity contribution in [2.75, 3.05) is 23.7 Å². The van der Waals surface area contributed by atoms with Gasteiger partial charge in [0.1, 0.15) is 6.04 Å². The minimum atomic E-state index is -3.51. The number of anilines is 1. The van der Waals surface area contributed by atoms with E-state index in [0.717, 1.165) is 23.1 Å². The van der Waals surface area contributed by atoms with Gasteiger partial charge >= 0.3 is 0 Å². The predicted molar refractivity (Wildman–Crippen MR) is 142 cm³/mol. The van der Waals surface area contributed by atoms with Crippen molar-refractivity contribution in [3.63, 3.8) is 0 Å². The number of carbonyl (C=O) groups excluding carboxylic acids is 2. The van der Waals surface area contributed by atoms with Gasteiger partial charge in [-0.1, -0.05) is 50.2 Å². The first-order chi connectivity index (χ1) is 16.6. The van der Waals surface area contributed by atoms with Crippen LogP contribution in [0, 0.1) is 6.92 Å². The molecule has 0 bridgehead atoms. The second-order valence-corrected chi connectivity index (χ2v) is 10.6. The zero-order chi connectivity index (χ0) is 26.0. The molecule has 2 aromatic carbocycles. The Balaban J connectivity index is 2.20. The molecule has 0 unspecified atom stereocenters. The van der Waals surface area contributed by atoms with E-state index in [1.54, 1.807) is 17.0 Å². The van der Waals surface area contributed by atoms with Gasteiger partial charge in [0.05, 0.1) is 11.9 Å². The van der Waals surface area contributed by atoms with Crippen molar-refractivity contribution in [1.29, 1.82) is 0 Å². The van der Waals surface area contributed by atoms with Crippen molar-refractivity contribution in [3.8, 4) is 0 Å². The lowest BCUT2D eigenvalue weighted by Crippen LogP contribution is -2.49. The van der Waals surface area contributed by atoms with Gasteiger partial charge in [0.25, 0.3) is 0 Å². The maximum Gasteiger partial charge on any atom is 0.242 e. The van der Waals surface area contributed by atoms with Crippen molar-refractivity contribution >= 4 is 27.5 Å². The first-order valence-electron chi connectivity index (χ1n) is 12.3. The zero-order valence-electron chi connectivity index (χ0n) is 21.6. The van der Waals surface area contributed by atoms with Crippen LogP contribution in [0.5, 0.6) is 0 Å². The number of nitrogens with one attached hydrogen (secondary N) is 1. The van der Waals surface area contributed by atoms with E-state index in [2.05, 4.69) is 5.32 Å². The van der Waals surface area contributed by atoms with E-state index in [-0.39, 0.29) is 24.8 Å². The fourth-order valence-electron chi connectivity index (χ4n) is 4.08. The molecule has 0 aliphatic carbocycles. The predicted octanol–water partition coefficient (Wildman–Crippen LogP) is 4.05. The highest BCUT2D eigenvalue weighted by molar-refractivity contribution is 7.92. The normalized spacial score (nSPS) is 12.1. The van der Waals surface area contributed by atoms with Crippen LogP contribution in [0.4, 0.5) is 5.69 Å². The molecule has 0 aliphatic rings. The first-order valence-corrected chi connectivity index (χ1v) is 14.1. The number of sulfonamides is 1. The van der Waals surface area contributed by atoms with E-state index in [0.29, 0.717) is 31.6 Å². The summed E-state index contributed by atoms with van der Waals surface area (Å²) in [7, 11) is -3.51. The van der Waals surface area contributed by atoms with Gasteiger partial charge in [0.15, 0.2) is 0 Å². The Morgan fingerprint density at radius 3 is 2.20 bits per heavy atom. The molecule has 0 radical (unpaired) electrons. The van der Waals surface area contributed by atoms with Crippen LogP contribution in [0.1, 0.15) is 56.7 Å². The van der Waals surface area contributed by atoms with Crippen LogP contribution in [-0.2, 0) is 32.6 Å². The van der Waals surface area contributed by atoms with Crippen molar-refractivity contribution in [2.45, 2.75) is 66.0 Å². The molecule has 0 aliphatic heterocycles. The van der Waals surface area contributed by atoms with Gasteiger partial charge in [-0.3, -0.25) is 13.9 Å². The third kappa shape index (κ3) is 8.09. The van der Waals surface area contributed by atoms with Gasteiger partial charge in [-0.2, -0.15) is 0 Å². The van der Waals surface area contributed by atoms with Crippen molar-refractivity contribution in [1.82, 2.24) is 10.2 Å². The summed E-state index contributed by atoms with van der Waals surface area (Å²) in [5.74, 6) is -0.341. The van der Waals surface area contributed by atoms with Crippen LogP contribution in [0.25, 0.3) is 0 Å². The molecule has 0 saturated carbocycles. The van der Waals surface area contributed by atoms with Crippen molar-refractivity contribution in [2.24, 2.45) is 0 Å². The number of carbonyl (C=O) groups is 2. The van der Waals surface area contributed by atoms with Crippen LogP contribution < -0.4 is 9.62 Å². The third-order valence-electron chi connectivity index (χ3n) is 6.12. The topological polar surface area (TPSA) is 86.8 Å². The molecule has 0 heterocycles. The Kier molecular flexibility index (Phi) is 10.8. The SMILES string of the molecule is CCNC(=O)[C@H](CC)N(Cc1ccccc1C)C(=O)CCCN(c1ccc(CC)cc1)S(C)(=O)=O. The summed E-state index contributed by atoms with van der Waals surface area (Å²) in [6, 6.07) is 14.7. The number of amides is 2. The molecule has 7 nitrogen and oxygen atoms in total. The number of likely N-dealkylation sites (N-methyl/N-ethyl adjacent to an activating group) is 1. The van der Waals surface area contributed by atoms with Gasteiger partial charge in [-0.15, -0.1) is 0 Å². The number of rotatable bonds is 13. The molecule has 2 rings (SSSR count). The molecular weight excluding hydrogens is 462 g/mol. The van der Waals surface area contributed by atoms with Gasteiger partial charge < -0.3 is 10.2 Å². The lowest BCUT2D eigenvalue weighted by Gasteiger charge is -2.31. The van der Waals surface area contributed by atoms with E-state index in [1.165, 1.54) is 10.6 Å². The molecule has 192 valence electrons. The number of aryl methyl sites for hydroxylation is 2. The lowest BCUT2D eigenvalue weighted by molar-refractivity contribution is -0.141. The molecule has 2 aromatic rings. The van der Waals surface area contributed by atoms with Gasteiger partial charge in [-0.25, -0.2) is 8.42 Å². The van der Waals surface area contributed by atoms with E-state index in [9.17, 15) is 18.0 Å². The first kappa shape index (κ1) is 28.4. The summed E-state index contributed by atoms with van der Waals surface area (Å²) in [6.07, 6.45) is 3.02. The minimum absolute atomic E-state index is 0.140. The third-order valence-corrected chi connectivity index (χ3v) is 7.32. The number of hydrogen-bond donors (Lipinski definition) is 1. The number of hydrogen-bond acceptors (Lipinski definition) is 4. The summed E-state index contributed by atoms with van der Waals surface area (Å²) in [6.45, 7) is 8.78. The molecule has 35 heavy (non-hydrogen) atoms. The molecule has 2 amide bonds. The number of nitrogens with zero attached hydrogens (tertiary/aromatic N) is 2. The summed E-state index contributed by atoms with van der Waals surface area (Å²) >= 11 is 0. The molecule has 1 atom stereocenters. The Hall–Kier alpha value is -2.87. The minimum Gasteiger partial charge on any atom is -0.355 e.